The zero-order chi connectivity index (χ0) is 10.9. The van der Waals surface area contributed by atoms with Crippen molar-refractivity contribution in [3.63, 3.8) is 0 Å². The van der Waals surface area contributed by atoms with Crippen LogP contribution in [-0.2, 0) is 11.8 Å². The van der Waals surface area contributed by atoms with Gasteiger partial charge in [-0.1, -0.05) is 24.3 Å². The summed E-state index contributed by atoms with van der Waals surface area (Å²) < 4.78 is 12.9. The molecule has 0 spiro atoms. The quantitative estimate of drug-likeness (QED) is 0.806. The molecule has 0 aliphatic heterocycles. The first-order valence-electron chi connectivity index (χ1n) is 5.60. The second kappa shape index (κ2) is 3.93. The molecular weight excluding hydrogens is 189 g/mol. The highest BCUT2D eigenvalue weighted by molar-refractivity contribution is 5.35. The Morgan fingerprint density at radius 2 is 2.20 bits per heavy atom. The van der Waals surface area contributed by atoms with E-state index in [2.05, 4.69) is 12.1 Å². The van der Waals surface area contributed by atoms with Crippen molar-refractivity contribution < 1.29 is 4.39 Å². The van der Waals surface area contributed by atoms with Gasteiger partial charge < -0.3 is 5.73 Å². The van der Waals surface area contributed by atoms with Gasteiger partial charge in [-0.2, -0.15) is 0 Å². The molecule has 1 aliphatic carbocycles. The Morgan fingerprint density at radius 1 is 1.47 bits per heavy atom. The van der Waals surface area contributed by atoms with Gasteiger partial charge in [0, 0.05) is 18.4 Å². The predicted molar refractivity (Wildman–Crippen MR) is 60.7 cm³/mol. The van der Waals surface area contributed by atoms with Gasteiger partial charge in [-0.25, -0.2) is 4.39 Å². The van der Waals surface area contributed by atoms with E-state index in [1.165, 1.54) is 18.4 Å². The third-order valence-corrected chi connectivity index (χ3v) is 3.30. The van der Waals surface area contributed by atoms with Crippen LogP contribution in [0.1, 0.15) is 30.9 Å². The van der Waals surface area contributed by atoms with Crippen molar-refractivity contribution in [3.8, 4) is 0 Å². The highest BCUT2D eigenvalue weighted by Gasteiger charge is 2.42. The Hall–Kier alpha value is -0.890. The molecule has 1 fully saturated rings. The molecule has 1 aromatic carbocycles. The van der Waals surface area contributed by atoms with Gasteiger partial charge in [0.05, 0.1) is 0 Å². The summed E-state index contributed by atoms with van der Waals surface area (Å²) >= 11 is 0. The number of halogens is 1. The lowest BCUT2D eigenvalue weighted by molar-refractivity contribution is 0.360. The number of benzene rings is 1. The number of rotatable bonds is 4. The van der Waals surface area contributed by atoms with Gasteiger partial charge in [-0.3, -0.25) is 0 Å². The third kappa shape index (κ3) is 2.20. The van der Waals surface area contributed by atoms with E-state index in [1.54, 1.807) is 6.92 Å². The Balaban J connectivity index is 2.19. The molecule has 1 nitrogen and oxygen atoms in total. The zero-order valence-electron chi connectivity index (χ0n) is 9.17. The number of alkyl halides is 1. The summed E-state index contributed by atoms with van der Waals surface area (Å²) in [6, 6.07) is 8.25. The van der Waals surface area contributed by atoms with Crippen LogP contribution in [0.2, 0.25) is 0 Å². The molecule has 82 valence electrons. The molecule has 0 bridgehead atoms. The minimum atomic E-state index is -0.770. The summed E-state index contributed by atoms with van der Waals surface area (Å²) in [6.45, 7) is 2.31. The maximum Gasteiger partial charge on any atom is 0.101 e. The Labute approximate surface area is 90.5 Å². The monoisotopic (exact) mass is 207 g/mol. The first-order chi connectivity index (χ1) is 7.16. The van der Waals surface area contributed by atoms with E-state index < -0.39 is 6.17 Å². The zero-order valence-corrected chi connectivity index (χ0v) is 9.17. The molecule has 0 saturated heterocycles. The molecule has 1 unspecified atom stereocenters. The maximum absolute atomic E-state index is 12.9. The van der Waals surface area contributed by atoms with Crippen LogP contribution in [0.3, 0.4) is 0 Å². The van der Waals surface area contributed by atoms with Crippen molar-refractivity contribution in [1.29, 1.82) is 0 Å². The lowest BCUT2D eigenvalue weighted by Crippen LogP contribution is -2.19. The molecule has 0 amide bonds. The molecule has 1 saturated carbocycles. The number of nitrogens with two attached hydrogens (primary N) is 1. The molecule has 1 aliphatic rings. The van der Waals surface area contributed by atoms with Crippen molar-refractivity contribution in [3.05, 3.63) is 35.4 Å². The van der Waals surface area contributed by atoms with Crippen molar-refractivity contribution in [2.24, 2.45) is 5.73 Å². The van der Waals surface area contributed by atoms with Gasteiger partial charge in [0.15, 0.2) is 0 Å². The van der Waals surface area contributed by atoms with E-state index in [9.17, 15) is 4.39 Å². The maximum atomic E-state index is 12.9. The number of hydrogen-bond acceptors (Lipinski definition) is 1. The van der Waals surface area contributed by atoms with Crippen LogP contribution in [-0.4, -0.2) is 12.7 Å². The van der Waals surface area contributed by atoms with E-state index in [4.69, 9.17) is 5.73 Å². The molecular formula is C13H18FN. The molecule has 1 atom stereocenters. The summed E-state index contributed by atoms with van der Waals surface area (Å²) in [5.41, 5.74) is 8.38. The first kappa shape index (κ1) is 10.6. The second-order valence-electron chi connectivity index (χ2n) is 4.67. The van der Waals surface area contributed by atoms with Crippen LogP contribution in [0, 0.1) is 0 Å². The summed E-state index contributed by atoms with van der Waals surface area (Å²) in [5.74, 6) is 0. The van der Waals surface area contributed by atoms with Gasteiger partial charge in [-0.15, -0.1) is 0 Å². The molecule has 2 N–H and O–H groups in total. The predicted octanol–water partition coefficient (Wildman–Crippen LogP) is 2.58. The van der Waals surface area contributed by atoms with Crippen LogP contribution in [0.4, 0.5) is 4.39 Å². The van der Waals surface area contributed by atoms with Gasteiger partial charge >= 0.3 is 0 Å². The highest BCUT2D eigenvalue weighted by atomic mass is 19.1. The fourth-order valence-corrected chi connectivity index (χ4v) is 2.11. The van der Waals surface area contributed by atoms with Crippen molar-refractivity contribution in [1.82, 2.24) is 0 Å². The molecule has 15 heavy (non-hydrogen) atoms. The van der Waals surface area contributed by atoms with Crippen molar-refractivity contribution in [2.45, 2.75) is 37.8 Å². The van der Waals surface area contributed by atoms with Crippen molar-refractivity contribution in [2.75, 3.05) is 6.54 Å². The van der Waals surface area contributed by atoms with Gasteiger partial charge in [-0.05, 0) is 30.9 Å². The Kier molecular flexibility index (Phi) is 2.79. The molecule has 0 radical (unpaired) electrons. The van der Waals surface area contributed by atoms with Crippen LogP contribution >= 0.6 is 0 Å². The standard InChI is InChI=1S/C13H18FN/c1-10(14)7-11-3-2-4-12(8-11)13(9-15)5-6-13/h2-4,8,10H,5-7,9,15H2,1H3. The van der Waals surface area contributed by atoms with Crippen LogP contribution < -0.4 is 5.73 Å². The van der Waals surface area contributed by atoms with Gasteiger partial charge in [0.2, 0.25) is 0 Å². The third-order valence-electron chi connectivity index (χ3n) is 3.30. The normalized spacial score (nSPS) is 19.9. The highest BCUT2D eigenvalue weighted by Crippen LogP contribution is 2.47. The fourth-order valence-electron chi connectivity index (χ4n) is 2.11. The van der Waals surface area contributed by atoms with Crippen LogP contribution in [0.5, 0.6) is 0 Å². The van der Waals surface area contributed by atoms with Crippen molar-refractivity contribution >= 4 is 0 Å². The fraction of sp³-hybridized carbons (Fsp3) is 0.538. The lowest BCUT2D eigenvalue weighted by atomic mass is 9.93. The first-order valence-corrected chi connectivity index (χ1v) is 5.60. The molecule has 0 aromatic heterocycles. The smallest absolute Gasteiger partial charge is 0.101 e. The SMILES string of the molecule is CC(F)Cc1cccc(C2(CN)CC2)c1. The van der Waals surface area contributed by atoms with E-state index in [0.717, 1.165) is 5.56 Å². The van der Waals surface area contributed by atoms with E-state index in [-0.39, 0.29) is 5.41 Å². The average molecular weight is 207 g/mol. The minimum Gasteiger partial charge on any atom is -0.330 e. The van der Waals surface area contributed by atoms with Gasteiger partial charge in [0.25, 0.3) is 0 Å². The van der Waals surface area contributed by atoms with Crippen LogP contribution in [0.25, 0.3) is 0 Å². The topological polar surface area (TPSA) is 26.0 Å². The van der Waals surface area contributed by atoms with E-state index in [0.29, 0.717) is 13.0 Å². The molecule has 0 heterocycles. The summed E-state index contributed by atoms with van der Waals surface area (Å²) in [4.78, 5) is 0. The minimum absolute atomic E-state index is 0.218. The van der Waals surface area contributed by atoms with Gasteiger partial charge in [0.1, 0.15) is 6.17 Å². The summed E-state index contributed by atoms with van der Waals surface area (Å²) in [5, 5.41) is 0. The average Bonchev–Trinajstić information content (AvgIpc) is 2.97. The molecule has 1 aromatic rings. The largest absolute Gasteiger partial charge is 0.330 e. The Bertz CT molecular complexity index is 342. The number of hydrogen-bond donors (Lipinski definition) is 1. The lowest BCUT2D eigenvalue weighted by Gasteiger charge is -2.14. The molecule has 2 heteroatoms. The van der Waals surface area contributed by atoms with Crippen LogP contribution in [0.15, 0.2) is 24.3 Å². The van der Waals surface area contributed by atoms with E-state index >= 15 is 0 Å². The second-order valence-corrected chi connectivity index (χ2v) is 4.67. The van der Waals surface area contributed by atoms with E-state index in [1.807, 2.05) is 12.1 Å². The molecule has 2 rings (SSSR count). The summed E-state index contributed by atoms with van der Waals surface area (Å²) in [7, 11) is 0. The Morgan fingerprint density at radius 3 is 2.73 bits per heavy atom. The summed E-state index contributed by atoms with van der Waals surface area (Å²) in [6.07, 6.45) is 2.10.